The Morgan fingerprint density at radius 2 is 2.00 bits per heavy atom. The Kier molecular flexibility index (Phi) is 4.97. The zero-order chi connectivity index (χ0) is 11.4. The standard InChI is InChI=1S/C9H18N2O2S/c1-6(9(2,3)4)7(14-5)11-13-8(10)12/h6H,1-5H3,(H2,10,12). The molecule has 0 aliphatic heterocycles. The van der Waals surface area contributed by atoms with E-state index in [9.17, 15) is 4.79 Å². The van der Waals surface area contributed by atoms with Crippen LogP contribution in [-0.4, -0.2) is 17.4 Å². The number of rotatable bonds is 2. The van der Waals surface area contributed by atoms with Gasteiger partial charge in [0.05, 0.1) is 0 Å². The second kappa shape index (κ2) is 5.24. The number of hydrogen-bond acceptors (Lipinski definition) is 4. The molecule has 0 spiro atoms. The Morgan fingerprint density at radius 1 is 1.50 bits per heavy atom. The Hall–Kier alpha value is -0.710. The summed E-state index contributed by atoms with van der Waals surface area (Å²) in [5, 5.41) is 4.49. The Labute approximate surface area is 89.2 Å². The SMILES string of the molecule is CSC(=NOC(N)=O)C(C)C(C)(C)C. The molecule has 0 aromatic heterocycles. The van der Waals surface area contributed by atoms with Gasteiger partial charge < -0.3 is 5.73 Å². The van der Waals surface area contributed by atoms with E-state index in [1.54, 1.807) is 0 Å². The van der Waals surface area contributed by atoms with Gasteiger partial charge in [-0.15, -0.1) is 11.8 Å². The highest BCUT2D eigenvalue weighted by Gasteiger charge is 2.25. The van der Waals surface area contributed by atoms with Crippen LogP contribution in [0.3, 0.4) is 0 Å². The maximum absolute atomic E-state index is 10.4. The first-order valence-electron chi connectivity index (χ1n) is 4.37. The van der Waals surface area contributed by atoms with Crippen LogP contribution in [0.25, 0.3) is 0 Å². The van der Waals surface area contributed by atoms with Gasteiger partial charge in [-0.3, -0.25) is 4.84 Å². The Morgan fingerprint density at radius 3 is 2.29 bits per heavy atom. The second-order valence-electron chi connectivity index (χ2n) is 4.13. The number of primary amides is 1. The molecular formula is C9H18N2O2S. The van der Waals surface area contributed by atoms with Crippen molar-refractivity contribution in [2.75, 3.05) is 6.26 Å². The third kappa shape index (κ3) is 4.50. The van der Waals surface area contributed by atoms with E-state index in [1.807, 2.05) is 13.2 Å². The first-order chi connectivity index (χ1) is 6.29. The van der Waals surface area contributed by atoms with E-state index in [2.05, 4.69) is 30.8 Å². The number of nitrogens with zero attached hydrogens (tertiary/aromatic N) is 1. The highest BCUT2D eigenvalue weighted by Crippen LogP contribution is 2.29. The summed E-state index contributed by atoms with van der Waals surface area (Å²) in [7, 11) is 0. The number of hydrogen-bond donors (Lipinski definition) is 1. The van der Waals surface area contributed by atoms with Gasteiger partial charge in [-0.05, 0) is 11.7 Å². The lowest BCUT2D eigenvalue weighted by atomic mass is 9.83. The maximum Gasteiger partial charge on any atom is 0.430 e. The monoisotopic (exact) mass is 218 g/mol. The predicted molar refractivity (Wildman–Crippen MR) is 60.2 cm³/mol. The van der Waals surface area contributed by atoms with Crippen molar-refractivity contribution in [2.45, 2.75) is 27.7 Å². The fourth-order valence-electron chi connectivity index (χ4n) is 0.753. The molecule has 1 unspecified atom stereocenters. The Balaban J connectivity index is 4.56. The molecule has 0 saturated carbocycles. The molecule has 2 N–H and O–H groups in total. The molecule has 5 heteroatoms. The van der Waals surface area contributed by atoms with Crippen molar-refractivity contribution in [2.24, 2.45) is 22.2 Å². The fraction of sp³-hybridized carbons (Fsp3) is 0.778. The summed E-state index contributed by atoms with van der Waals surface area (Å²) in [4.78, 5) is 14.8. The van der Waals surface area contributed by atoms with E-state index < -0.39 is 6.09 Å². The van der Waals surface area contributed by atoms with E-state index in [1.165, 1.54) is 11.8 Å². The van der Waals surface area contributed by atoms with E-state index in [0.717, 1.165) is 5.04 Å². The number of oxime groups is 1. The van der Waals surface area contributed by atoms with Crippen molar-refractivity contribution in [3.05, 3.63) is 0 Å². The third-order valence-corrected chi connectivity index (χ3v) is 2.95. The van der Waals surface area contributed by atoms with Crippen LogP contribution in [0.2, 0.25) is 0 Å². The number of carbonyl (C=O) groups is 1. The molecule has 0 radical (unpaired) electrons. The topological polar surface area (TPSA) is 64.7 Å². The first-order valence-corrected chi connectivity index (χ1v) is 5.59. The molecule has 4 nitrogen and oxygen atoms in total. The van der Waals surface area contributed by atoms with Gasteiger partial charge >= 0.3 is 6.09 Å². The number of thioether (sulfide) groups is 1. The van der Waals surface area contributed by atoms with Crippen molar-refractivity contribution in [1.82, 2.24) is 0 Å². The molecule has 0 aromatic rings. The lowest BCUT2D eigenvalue weighted by Crippen LogP contribution is -2.24. The zero-order valence-corrected chi connectivity index (χ0v) is 10.1. The smallest absolute Gasteiger partial charge is 0.333 e. The van der Waals surface area contributed by atoms with Gasteiger partial charge in [-0.1, -0.05) is 32.9 Å². The van der Waals surface area contributed by atoms with Gasteiger partial charge in [0.2, 0.25) is 0 Å². The van der Waals surface area contributed by atoms with Gasteiger partial charge in [0.1, 0.15) is 5.04 Å². The number of nitrogens with two attached hydrogens (primary N) is 1. The average Bonchev–Trinajstić information content (AvgIpc) is 2.03. The van der Waals surface area contributed by atoms with Crippen LogP contribution in [0, 0.1) is 11.3 Å². The largest absolute Gasteiger partial charge is 0.430 e. The molecule has 0 heterocycles. The van der Waals surface area contributed by atoms with Crippen LogP contribution >= 0.6 is 11.8 Å². The summed E-state index contributed by atoms with van der Waals surface area (Å²) in [5.41, 5.74) is 4.91. The minimum absolute atomic E-state index is 0.0862. The van der Waals surface area contributed by atoms with Crippen LogP contribution in [-0.2, 0) is 4.84 Å². The van der Waals surface area contributed by atoms with Crippen molar-refractivity contribution in [3.8, 4) is 0 Å². The molecule has 0 aliphatic carbocycles. The van der Waals surface area contributed by atoms with Crippen molar-refractivity contribution < 1.29 is 9.63 Å². The van der Waals surface area contributed by atoms with Crippen LogP contribution in [0.4, 0.5) is 4.79 Å². The lowest BCUT2D eigenvalue weighted by molar-refractivity contribution is 0.160. The van der Waals surface area contributed by atoms with Crippen molar-refractivity contribution in [3.63, 3.8) is 0 Å². The maximum atomic E-state index is 10.4. The molecule has 14 heavy (non-hydrogen) atoms. The highest BCUT2D eigenvalue weighted by molar-refractivity contribution is 8.13. The predicted octanol–water partition coefficient (Wildman–Crippen LogP) is 2.44. The summed E-state index contributed by atoms with van der Waals surface area (Å²) in [6, 6.07) is 0. The number of carbonyl (C=O) groups excluding carboxylic acids is 1. The summed E-state index contributed by atoms with van der Waals surface area (Å²) < 4.78 is 0. The second-order valence-corrected chi connectivity index (χ2v) is 4.96. The van der Waals surface area contributed by atoms with Crippen molar-refractivity contribution in [1.29, 1.82) is 0 Å². The minimum atomic E-state index is -0.877. The minimum Gasteiger partial charge on any atom is -0.333 e. The molecule has 0 bridgehead atoms. The summed E-state index contributed by atoms with van der Waals surface area (Å²) in [6.45, 7) is 8.36. The summed E-state index contributed by atoms with van der Waals surface area (Å²) in [5.74, 6) is 0.219. The molecule has 0 saturated heterocycles. The molecule has 0 rings (SSSR count). The van der Waals surface area contributed by atoms with E-state index in [-0.39, 0.29) is 11.3 Å². The van der Waals surface area contributed by atoms with E-state index >= 15 is 0 Å². The molecule has 1 atom stereocenters. The number of amides is 1. The highest BCUT2D eigenvalue weighted by atomic mass is 32.2. The van der Waals surface area contributed by atoms with Gasteiger partial charge in [-0.2, -0.15) is 0 Å². The van der Waals surface area contributed by atoms with Gasteiger partial charge in [-0.25, -0.2) is 4.79 Å². The van der Waals surface area contributed by atoms with Crippen LogP contribution in [0.5, 0.6) is 0 Å². The Bertz CT molecular complexity index is 233. The van der Waals surface area contributed by atoms with Gasteiger partial charge in [0.15, 0.2) is 0 Å². The third-order valence-electron chi connectivity index (χ3n) is 2.10. The summed E-state index contributed by atoms with van der Waals surface area (Å²) >= 11 is 1.46. The molecule has 82 valence electrons. The molecule has 0 aliphatic rings. The molecule has 0 fully saturated rings. The normalized spacial score (nSPS) is 15.1. The zero-order valence-electron chi connectivity index (χ0n) is 9.33. The van der Waals surface area contributed by atoms with Crippen LogP contribution < -0.4 is 5.73 Å². The first kappa shape index (κ1) is 13.3. The van der Waals surface area contributed by atoms with Crippen molar-refractivity contribution >= 4 is 22.9 Å². The van der Waals surface area contributed by atoms with Gasteiger partial charge in [0, 0.05) is 5.92 Å². The van der Waals surface area contributed by atoms with Crippen LogP contribution in [0.1, 0.15) is 27.7 Å². The van der Waals surface area contributed by atoms with Gasteiger partial charge in [0.25, 0.3) is 0 Å². The molecular weight excluding hydrogens is 200 g/mol. The molecule has 1 amide bonds. The average molecular weight is 218 g/mol. The van der Waals surface area contributed by atoms with Crippen LogP contribution in [0.15, 0.2) is 5.16 Å². The van der Waals surface area contributed by atoms with E-state index in [0.29, 0.717) is 0 Å². The lowest BCUT2D eigenvalue weighted by Gasteiger charge is -2.26. The van der Waals surface area contributed by atoms with E-state index in [4.69, 9.17) is 5.73 Å². The fourth-order valence-corrected chi connectivity index (χ4v) is 1.57. The quantitative estimate of drug-likeness (QED) is 0.335. The molecule has 0 aromatic carbocycles. The summed E-state index contributed by atoms with van der Waals surface area (Å²) in [6.07, 6.45) is 1.02.